The van der Waals surface area contributed by atoms with Crippen LogP contribution in [0.4, 0.5) is 0 Å². The van der Waals surface area contributed by atoms with Crippen molar-refractivity contribution >= 4 is 11.6 Å². The molecule has 1 saturated carbocycles. The fourth-order valence-corrected chi connectivity index (χ4v) is 3.33. The lowest BCUT2D eigenvalue weighted by Crippen LogP contribution is -2.45. The monoisotopic (exact) mass is 245 g/mol. The van der Waals surface area contributed by atoms with E-state index in [1.54, 1.807) is 0 Å². The molecule has 1 aliphatic heterocycles. The molecule has 1 unspecified atom stereocenters. The van der Waals surface area contributed by atoms with Gasteiger partial charge in [-0.15, -0.1) is 11.6 Å². The van der Waals surface area contributed by atoms with Crippen LogP contribution in [0, 0.1) is 0 Å². The van der Waals surface area contributed by atoms with E-state index in [2.05, 4.69) is 5.32 Å². The van der Waals surface area contributed by atoms with Gasteiger partial charge in [-0.1, -0.05) is 12.8 Å². The number of halogens is 1. The first-order valence-electron chi connectivity index (χ1n) is 6.77. The molecule has 2 rings (SSSR count). The third kappa shape index (κ3) is 3.35. The van der Waals surface area contributed by atoms with Crippen LogP contribution >= 0.6 is 11.6 Å². The Morgan fingerprint density at radius 1 is 1.25 bits per heavy atom. The zero-order valence-electron chi connectivity index (χ0n) is 10.1. The van der Waals surface area contributed by atoms with Crippen LogP contribution in [0.25, 0.3) is 0 Å². The van der Waals surface area contributed by atoms with Crippen molar-refractivity contribution in [3.63, 3.8) is 0 Å². The van der Waals surface area contributed by atoms with Crippen LogP contribution in [0.1, 0.15) is 51.4 Å². The van der Waals surface area contributed by atoms with E-state index in [1.807, 2.05) is 0 Å². The lowest BCUT2D eigenvalue weighted by molar-refractivity contribution is 0.102. The topological polar surface area (TPSA) is 21.3 Å². The highest BCUT2D eigenvalue weighted by atomic mass is 35.5. The number of hydrogen-bond donors (Lipinski definition) is 1. The van der Waals surface area contributed by atoms with Gasteiger partial charge in [0.1, 0.15) is 0 Å². The Balaban J connectivity index is 1.59. The van der Waals surface area contributed by atoms with Gasteiger partial charge in [0.05, 0.1) is 6.10 Å². The molecule has 2 nitrogen and oxygen atoms in total. The second kappa shape index (κ2) is 6.23. The molecule has 16 heavy (non-hydrogen) atoms. The van der Waals surface area contributed by atoms with Crippen molar-refractivity contribution in [2.75, 3.05) is 19.0 Å². The first-order chi connectivity index (χ1) is 7.85. The molecule has 0 aromatic rings. The van der Waals surface area contributed by atoms with E-state index in [0.717, 1.165) is 19.0 Å². The molecule has 0 radical (unpaired) electrons. The number of nitrogens with one attached hydrogen (secondary N) is 1. The minimum atomic E-state index is 0.262. The van der Waals surface area contributed by atoms with E-state index >= 15 is 0 Å². The van der Waals surface area contributed by atoms with Crippen LogP contribution in [0.15, 0.2) is 0 Å². The van der Waals surface area contributed by atoms with Crippen molar-refractivity contribution in [3.8, 4) is 0 Å². The zero-order valence-corrected chi connectivity index (χ0v) is 10.9. The molecule has 0 aromatic carbocycles. The van der Waals surface area contributed by atoms with Gasteiger partial charge >= 0.3 is 0 Å². The van der Waals surface area contributed by atoms with E-state index in [0.29, 0.717) is 6.10 Å². The summed E-state index contributed by atoms with van der Waals surface area (Å²) in [6, 6.07) is 0. The Hall–Kier alpha value is 0.210. The van der Waals surface area contributed by atoms with Crippen molar-refractivity contribution in [2.45, 2.75) is 63.0 Å². The highest BCUT2D eigenvalue weighted by Gasteiger charge is 2.31. The van der Waals surface area contributed by atoms with Gasteiger partial charge in [-0.05, 0) is 45.1 Å². The van der Waals surface area contributed by atoms with Crippen molar-refractivity contribution in [3.05, 3.63) is 0 Å². The molecular formula is C13H24ClNO. The molecule has 1 atom stereocenters. The van der Waals surface area contributed by atoms with Crippen molar-refractivity contribution in [1.82, 2.24) is 5.32 Å². The molecule has 2 aliphatic rings. The quantitative estimate of drug-likeness (QED) is 0.574. The predicted octanol–water partition coefficient (Wildman–Crippen LogP) is 3.09. The van der Waals surface area contributed by atoms with E-state index < -0.39 is 0 Å². The molecule has 1 heterocycles. The predicted molar refractivity (Wildman–Crippen MR) is 68.1 cm³/mol. The van der Waals surface area contributed by atoms with Crippen molar-refractivity contribution in [2.24, 2.45) is 0 Å². The first-order valence-corrected chi connectivity index (χ1v) is 7.31. The van der Waals surface area contributed by atoms with Gasteiger partial charge in [0, 0.05) is 18.0 Å². The average molecular weight is 246 g/mol. The minimum Gasteiger partial charge on any atom is -0.378 e. The fraction of sp³-hybridized carbons (Fsp3) is 1.00. The molecule has 3 heteroatoms. The first kappa shape index (κ1) is 12.7. The molecule has 0 amide bonds. The molecular weight excluding hydrogens is 222 g/mol. The molecule has 2 fully saturated rings. The van der Waals surface area contributed by atoms with Gasteiger partial charge in [0.2, 0.25) is 0 Å². The van der Waals surface area contributed by atoms with E-state index in [4.69, 9.17) is 16.3 Å². The summed E-state index contributed by atoms with van der Waals surface area (Å²) in [6.45, 7) is 2.08. The molecule has 94 valence electrons. The summed E-state index contributed by atoms with van der Waals surface area (Å²) in [5, 5.41) is 3.68. The standard InChI is InChI=1S/C13H24ClNO/c14-11-13(7-1-2-8-13)15-9-3-5-12-6-4-10-16-12/h12,15H,1-11H2. The van der Waals surface area contributed by atoms with Crippen molar-refractivity contribution in [1.29, 1.82) is 0 Å². The minimum absolute atomic E-state index is 0.262. The Morgan fingerprint density at radius 3 is 2.69 bits per heavy atom. The van der Waals surface area contributed by atoms with Crippen molar-refractivity contribution < 1.29 is 4.74 Å². The van der Waals surface area contributed by atoms with Gasteiger partial charge in [-0.2, -0.15) is 0 Å². The van der Waals surface area contributed by atoms with Gasteiger partial charge in [0.25, 0.3) is 0 Å². The summed E-state index contributed by atoms with van der Waals surface area (Å²) in [5.74, 6) is 0.771. The van der Waals surface area contributed by atoms with Crippen LogP contribution in [-0.4, -0.2) is 30.7 Å². The molecule has 1 aliphatic carbocycles. The molecule has 1 N–H and O–H groups in total. The Bertz CT molecular complexity index is 198. The SMILES string of the molecule is ClCC1(NCCCC2CCCO2)CCCC1. The van der Waals surface area contributed by atoms with Gasteiger partial charge in [-0.25, -0.2) is 0 Å². The van der Waals surface area contributed by atoms with Gasteiger partial charge < -0.3 is 10.1 Å². The number of ether oxygens (including phenoxy) is 1. The summed E-state index contributed by atoms with van der Waals surface area (Å²) in [6.07, 6.45) is 10.7. The van der Waals surface area contributed by atoms with Crippen LogP contribution in [0.5, 0.6) is 0 Å². The van der Waals surface area contributed by atoms with E-state index in [-0.39, 0.29) is 5.54 Å². The van der Waals surface area contributed by atoms with Crippen LogP contribution in [0.2, 0.25) is 0 Å². The maximum Gasteiger partial charge on any atom is 0.0576 e. The largest absolute Gasteiger partial charge is 0.378 e. The average Bonchev–Trinajstić information content (AvgIpc) is 2.97. The second-order valence-corrected chi connectivity index (χ2v) is 5.59. The van der Waals surface area contributed by atoms with E-state index in [1.165, 1.54) is 51.4 Å². The fourth-order valence-electron chi connectivity index (χ4n) is 2.96. The summed E-state index contributed by atoms with van der Waals surface area (Å²) in [7, 11) is 0. The summed E-state index contributed by atoms with van der Waals surface area (Å²) >= 11 is 6.08. The Labute approximate surface area is 104 Å². The smallest absolute Gasteiger partial charge is 0.0576 e. The summed E-state index contributed by atoms with van der Waals surface area (Å²) < 4.78 is 5.62. The Morgan fingerprint density at radius 2 is 2.06 bits per heavy atom. The summed E-state index contributed by atoms with van der Waals surface area (Å²) in [4.78, 5) is 0. The highest BCUT2D eigenvalue weighted by molar-refractivity contribution is 6.18. The maximum absolute atomic E-state index is 6.08. The maximum atomic E-state index is 6.08. The normalized spacial score (nSPS) is 28.7. The summed E-state index contributed by atoms with van der Waals surface area (Å²) in [5.41, 5.74) is 0.262. The van der Waals surface area contributed by atoms with Gasteiger partial charge in [-0.3, -0.25) is 0 Å². The third-order valence-corrected chi connectivity index (χ3v) is 4.55. The van der Waals surface area contributed by atoms with E-state index in [9.17, 15) is 0 Å². The lowest BCUT2D eigenvalue weighted by atomic mass is 10.00. The highest BCUT2D eigenvalue weighted by Crippen LogP contribution is 2.30. The molecule has 0 bridgehead atoms. The Kier molecular flexibility index (Phi) is 4.93. The molecule has 0 spiro atoms. The molecule has 0 aromatic heterocycles. The molecule has 1 saturated heterocycles. The van der Waals surface area contributed by atoms with Crippen LogP contribution < -0.4 is 5.32 Å². The second-order valence-electron chi connectivity index (χ2n) is 5.33. The lowest BCUT2D eigenvalue weighted by Gasteiger charge is -2.28. The number of hydrogen-bond acceptors (Lipinski definition) is 2. The van der Waals surface area contributed by atoms with Crippen LogP contribution in [-0.2, 0) is 4.74 Å². The zero-order chi connectivity index (χ0) is 11.3. The third-order valence-electron chi connectivity index (χ3n) is 4.04. The number of rotatable bonds is 6. The van der Waals surface area contributed by atoms with Gasteiger partial charge in [0.15, 0.2) is 0 Å². The number of alkyl halides is 1. The van der Waals surface area contributed by atoms with Crippen LogP contribution in [0.3, 0.4) is 0 Å².